The highest BCUT2D eigenvalue weighted by molar-refractivity contribution is 9.08. The van der Waals surface area contributed by atoms with Gasteiger partial charge in [-0.15, -0.1) is 0 Å². The number of carbonyl (C=O) groups is 2. The zero-order valence-corrected chi connectivity index (χ0v) is 14.7. The Morgan fingerprint density at radius 2 is 2.08 bits per heavy atom. The minimum absolute atomic E-state index is 0.104. The highest BCUT2D eigenvalue weighted by Crippen LogP contribution is 2.30. The van der Waals surface area contributed by atoms with Crippen molar-refractivity contribution >= 4 is 27.9 Å². The van der Waals surface area contributed by atoms with Gasteiger partial charge in [0.25, 0.3) is 5.56 Å². The van der Waals surface area contributed by atoms with Crippen LogP contribution in [-0.2, 0) is 29.1 Å². The Labute approximate surface area is 145 Å². The van der Waals surface area contributed by atoms with Gasteiger partial charge in [0.15, 0.2) is 0 Å². The van der Waals surface area contributed by atoms with Crippen LogP contribution in [0.5, 0.6) is 0 Å². The summed E-state index contributed by atoms with van der Waals surface area (Å²) in [5.74, 6) is -1.00. The fourth-order valence-electron chi connectivity index (χ4n) is 2.39. The van der Waals surface area contributed by atoms with E-state index in [0.717, 1.165) is 0 Å². The molecule has 2 heterocycles. The summed E-state index contributed by atoms with van der Waals surface area (Å²) in [6, 6.07) is 0. The van der Waals surface area contributed by atoms with Crippen LogP contribution >= 0.6 is 15.9 Å². The number of hydrogen-bond donors (Lipinski definition) is 1. The Bertz CT molecular complexity index is 741. The molecule has 1 aromatic rings. The van der Waals surface area contributed by atoms with Gasteiger partial charge in [-0.25, -0.2) is 4.79 Å². The molecule has 1 aromatic heterocycles. The molecule has 1 aliphatic rings. The number of rotatable bonds is 5. The molecule has 10 heteroatoms. The van der Waals surface area contributed by atoms with Crippen LogP contribution in [0.1, 0.15) is 32.1 Å². The van der Waals surface area contributed by atoms with Crippen molar-refractivity contribution in [2.45, 2.75) is 44.0 Å². The average molecular weight is 405 g/mol. The number of esters is 2. The van der Waals surface area contributed by atoms with Gasteiger partial charge in [-0.05, 0) is 0 Å². The quantitative estimate of drug-likeness (QED) is 0.550. The zero-order chi connectivity index (χ0) is 17.9. The van der Waals surface area contributed by atoms with Crippen molar-refractivity contribution in [3.05, 3.63) is 32.6 Å². The Kier molecular flexibility index (Phi) is 5.94. The summed E-state index contributed by atoms with van der Waals surface area (Å²) in [7, 11) is 0. The molecule has 0 spiro atoms. The summed E-state index contributed by atoms with van der Waals surface area (Å²) in [6.45, 7) is 2.40. The number of aromatic amines is 1. The third-order valence-electron chi connectivity index (χ3n) is 3.44. The van der Waals surface area contributed by atoms with E-state index in [4.69, 9.17) is 14.2 Å². The Hall–Kier alpha value is -1.94. The molecule has 0 saturated carbocycles. The van der Waals surface area contributed by atoms with Crippen LogP contribution in [0.15, 0.2) is 15.8 Å². The number of nitrogens with zero attached hydrogens (tertiary/aromatic N) is 1. The van der Waals surface area contributed by atoms with Gasteiger partial charge in [-0.2, -0.15) is 0 Å². The highest BCUT2D eigenvalue weighted by atomic mass is 79.9. The van der Waals surface area contributed by atoms with Gasteiger partial charge in [0.05, 0.1) is 0 Å². The van der Waals surface area contributed by atoms with E-state index in [-0.39, 0.29) is 18.4 Å². The van der Waals surface area contributed by atoms with E-state index in [0.29, 0.717) is 5.56 Å². The van der Waals surface area contributed by atoms with E-state index in [1.165, 1.54) is 24.6 Å². The second-order valence-electron chi connectivity index (χ2n) is 5.27. The molecule has 1 N–H and O–H groups in total. The molecule has 24 heavy (non-hydrogen) atoms. The minimum atomic E-state index is -0.753. The first-order valence-corrected chi connectivity index (χ1v) is 8.30. The van der Waals surface area contributed by atoms with Gasteiger partial charge < -0.3 is 14.2 Å². The van der Waals surface area contributed by atoms with Crippen molar-refractivity contribution in [1.29, 1.82) is 0 Å². The maximum absolute atomic E-state index is 12.0. The van der Waals surface area contributed by atoms with Crippen molar-refractivity contribution in [3.63, 3.8) is 0 Å². The predicted molar refractivity (Wildman–Crippen MR) is 84.7 cm³/mol. The molecule has 3 atom stereocenters. The number of aromatic nitrogens is 2. The van der Waals surface area contributed by atoms with E-state index >= 15 is 0 Å². The molecule has 0 aliphatic carbocycles. The fourth-order valence-corrected chi connectivity index (χ4v) is 2.79. The summed E-state index contributed by atoms with van der Waals surface area (Å²) in [6.07, 6.45) is -0.539. The van der Waals surface area contributed by atoms with Crippen molar-refractivity contribution in [1.82, 2.24) is 9.55 Å². The minimum Gasteiger partial charge on any atom is -0.463 e. The lowest BCUT2D eigenvalue weighted by Crippen LogP contribution is -2.34. The summed E-state index contributed by atoms with van der Waals surface area (Å²) < 4.78 is 17.0. The van der Waals surface area contributed by atoms with Crippen molar-refractivity contribution in [2.24, 2.45) is 0 Å². The molecule has 2 rings (SSSR count). The van der Waals surface area contributed by atoms with Crippen molar-refractivity contribution in [2.75, 3.05) is 6.61 Å². The van der Waals surface area contributed by atoms with Crippen LogP contribution in [0, 0.1) is 0 Å². The molecule has 1 saturated heterocycles. The molecule has 0 bridgehead atoms. The topological polar surface area (TPSA) is 117 Å². The average Bonchev–Trinajstić information content (AvgIpc) is 2.87. The molecular formula is C14H17BrN2O7. The molecule has 0 amide bonds. The molecular weight excluding hydrogens is 388 g/mol. The summed E-state index contributed by atoms with van der Waals surface area (Å²) in [5.41, 5.74) is -0.769. The monoisotopic (exact) mass is 404 g/mol. The van der Waals surface area contributed by atoms with Crippen LogP contribution in [0.2, 0.25) is 0 Å². The van der Waals surface area contributed by atoms with Crippen molar-refractivity contribution in [3.8, 4) is 0 Å². The van der Waals surface area contributed by atoms with Crippen LogP contribution in [0.4, 0.5) is 0 Å². The van der Waals surface area contributed by atoms with Crippen LogP contribution < -0.4 is 11.2 Å². The molecule has 1 aliphatic heterocycles. The summed E-state index contributed by atoms with van der Waals surface area (Å²) >= 11 is 3.17. The van der Waals surface area contributed by atoms with Crippen LogP contribution in [0.3, 0.4) is 0 Å². The number of ether oxygens (including phenoxy) is 3. The van der Waals surface area contributed by atoms with E-state index < -0.39 is 41.6 Å². The number of H-pyrrole nitrogens is 1. The summed E-state index contributed by atoms with van der Waals surface area (Å²) in [5, 5.41) is 0.263. The standard InChI is InChI=1S/C14H17BrN2O7/c1-7(18)22-6-11-10(23-8(2)19)3-12(24-11)17-5-9(4-15)13(20)16-14(17)21/h5,10-12H,3-4,6H2,1-2H3,(H,16,20,21)/t10-,11-,12-/m1/s1. The Balaban J connectivity index is 2.25. The maximum atomic E-state index is 12.0. The number of carbonyl (C=O) groups excluding carboxylic acids is 2. The van der Waals surface area contributed by atoms with Gasteiger partial charge in [-0.3, -0.25) is 23.9 Å². The van der Waals surface area contributed by atoms with Gasteiger partial charge in [0.2, 0.25) is 0 Å². The molecule has 1 fully saturated rings. The number of alkyl halides is 1. The Morgan fingerprint density at radius 3 is 2.67 bits per heavy atom. The van der Waals surface area contributed by atoms with Crippen molar-refractivity contribution < 1.29 is 23.8 Å². The Morgan fingerprint density at radius 1 is 1.38 bits per heavy atom. The largest absolute Gasteiger partial charge is 0.463 e. The second-order valence-corrected chi connectivity index (χ2v) is 5.83. The van der Waals surface area contributed by atoms with Crippen LogP contribution in [-0.4, -0.2) is 40.3 Å². The van der Waals surface area contributed by atoms with Gasteiger partial charge in [-0.1, -0.05) is 15.9 Å². The third kappa shape index (κ3) is 4.32. The zero-order valence-electron chi connectivity index (χ0n) is 13.1. The molecule has 0 aromatic carbocycles. The molecule has 0 unspecified atom stereocenters. The van der Waals surface area contributed by atoms with Gasteiger partial charge >= 0.3 is 17.6 Å². The highest BCUT2D eigenvalue weighted by Gasteiger charge is 2.39. The van der Waals surface area contributed by atoms with Crippen LogP contribution in [0.25, 0.3) is 0 Å². The number of halogens is 1. The first kappa shape index (κ1) is 18.4. The smallest absolute Gasteiger partial charge is 0.330 e. The van der Waals surface area contributed by atoms with E-state index in [1.807, 2.05) is 0 Å². The first-order chi connectivity index (χ1) is 11.3. The lowest BCUT2D eigenvalue weighted by Gasteiger charge is -2.17. The van der Waals surface area contributed by atoms with Gasteiger partial charge in [0.1, 0.15) is 25.0 Å². The number of nitrogens with one attached hydrogen (secondary N) is 1. The third-order valence-corrected chi connectivity index (χ3v) is 4.05. The SMILES string of the molecule is CC(=O)OC[C@H]1O[C@@H](n2cc(CBr)c(=O)[nH]c2=O)C[C@H]1OC(C)=O. The first-order valence-electron chi connectivity index (χ1n) is 7.18. The maximum Gasteiger partial charge on any atom is 0.330 e. The lowest BCUT2D eigenvalue weighted by molar-refractivity contribution is -0.155. The number of hydrogen-bond acceptors (Lipinski definition) is 7. The normalized spacial score (nSPS) is 23.0. The predicted octanol–water partition coefficient (Wildman–Crippen LogP) is 0.214. The molecule has 132 valence electrons. The van der Waals surface area contributed by atoms with E-state index in [1.54, 1.807) is 0 Å². The molecule has 9 nitrogen and oxygen atoms in total. The van der Waals surface area contributed by atoms with E-state index in [2.05, 4.69) is 20.9 Å². The van der Waals surface area contributed by atoms with E-state index in [9.17, 15) is 19.2 Å². The molecule has 0 radical (unpaired) electrons. The second kappa shape index (κ2) is 7.75. The van der Waals surface area contributed by atoms with Gasteiger partial charge in [0, 0.05) is 37.4 Å². The summed E-state index contributed by atoms with van der Waals surface area (Å²) in [4.78, 5) is 48.0. The lowest BCUT2D eigenvalue weighted by atomic mass is 10.2. The fraction of sp³-hybridized carbons (Fsp3) is 0.571.